The third-order valence-corrected chi connectivity index (χ3v) is 3.60. The maximum atomic E-state index is 10.9. The van der Waals surface area contributed by atoms with Crippen molar-refractivity contribution in [3.63, 3.8) is 0 Å². The lowest BCUT2D eigenvalue weighted by Crippen LogP contribution is -2.17. The maximum absolute atomic E-state index is 10.9. The Kier molecular flexibility index (Phi) is 4.27. The molecule has 1 saturated carbocycles. The molecule has 23 heavy (non-hydrogen) atoms. The van der Waals surface area contributed by atoms with Crippen molar-refractivity contribution >= 4 is 23.4 Å². The third-order valence-electron chi connectivity index (χ3n) is 3.60. The number of nitrogens with one attached hydrogen (secondary N) is 2. The highest BCUT2D eigenvalue weighted by Gasteiger charge is 2.27. The summed E-state index contributed by atoms with van der Waals surface area (Å²) < 4.78 is 0. The van der Waals surface area contributed by atoms with Gasteiger partial charge in [0.25, 0.3) is 0 Å². The van der Waals surface area contributed by atoms with E-state index in [1.807, 2.05) is 12.3 Å². The van der Waals surface area contributed by atoms with Gasteiger partial charge in [0.1, 0.15) is 11.6 Å². The van der Waals surface area contributed by atoms with Gasteiger partial charge in [0.2, 0.25) is 11.9 Å². The number of primary amides is 1. The Balaban J connectivity index is 1.77. The molecule has 0 atom stereocenters. The molecular weight excluding hydrogens is 294 g/mol. The molecule has 1 heterocycles. The van der Waals surface area contributed by atoms with Crippen molar-refractivity contribution in [1.29, 1.82) is 0 Å². The van der Waals surface area contributed by atoms with Crippen LogP contribution in [0, 0.1) is 0 Å². The minimum atomic E-state index is -0.349. The lowest BCUT2D eigenvalue weighted by Gasteiger charge is -2.12. The summed E-state index contributed by atoms with van der Waals surface area (Å²) in [5.41, 5.74) is 6.93. The fraction of sp³-hybridized carbons (Fsp3) is 0.312. The SMILES string of the molecule is NC(=O)CCNc1nc(Nc2cccc(O)c2)ncc1C1CC1. The molecule has 7 heteroatoms. The van der Waals surface area contributed by atoms with E-state index < -0.39 is 0 Å². The average molecular weight is 313 g/mol. The van der Waals surface area contributed by atoms with Crippen molar-refractivity contribution in [1.82, 2.24) is 9.97 Å². The molecule has 0 radical (unpaired) electrons. The monoisotopic (exact) mass is 313 g/mol. The minimum Gasteiger partial charge on any atom is -0.508 e. The molecule has 1 fully saturated rings. The highest BCUT2D eigenvalue weighted by Crippen LogP contribution is 2.42. The Morgan fingerprint density at radius 2 is 2.22 bits per heavy atom. The molecule has 7 nitrogen and oxygen atoms in total. The number of phenols is 1. The highest BCUT2D eigenvalue weighted by molar-refractivity contribution is 5.74. The molecule has 1 amide bonds. The Hall–Kier alpha value is -2.83. The molecule has 0 bridgehead atoms. The number of hydrogen-bond acceptors (Lipinski definition) is 6. The van der Waals surface area contributed by atoms with E-state index in [2.05, 4.69) is 20.6 Å². The number of nitrogens with two attached hydrogens (primary N) is 1. The molecule has 2 aromatic rings. The second kappa shape index (κ2) is 6.51. The predicted molar refractivity (Wildman–Crippen MR) is 87.7 cm³/mol. The summed E-state index contributed by atoms with van der Waals surface area (Å²) in [4.78, 5) is 19.7. The summed E-state index contributed by atoms with van der Waals surface area (Å²) in [6.07, 6.45) is 4.33. The van der Waals surface area contributed by atoms with Crippen LogP contribution >= 0.6 is 0 Å². The summed E-state index contributed by atoms with van der Waals surface area (Å²) in [7, 11) is 0. The zero-order chi connectivity index (χ0) is 16.2. The standard InChI is InChI=1S/C16H19N5O2/c17-14(23)6-7-18-15-13(10-4-5-10)9-19-16(21-15)20-11-2-1-3-12(22)8-11/h1-3,8-10,22H,4-7H2,(H2,17,23)(H2,18,19,20,21). The van der Waals surface area contributed by atoms with Gasteiger partial charge in [0.05, 0.1) is 0 Å². The second-order valence-corrected chi connectivity index (χ2v) is 5.59. The van der Waals surface area contributed by atoms with Gasteiger partial charge in [-0.1, -0.05) is 6.07 Å². The lowest BCUT2D eigenvalue weighted by molar-refractivity contribution is -0.117. The fourth-order valence-corrected chi connectivity index (χ4v) is 2.30. The summed E-state index contributed by atoms with van der Waals surface area (Å²) in [5.74, 6) is 1.47. The van der Waals surface area contributed by atoms with Gasteiger partial charge in [0.15, 0.2) is 0 Å². The molecule has 0 saturated heterocycles. The Labute approximate surface area is 134 Å². The normalized spacial score (nSPS) is 13.6. The van der Waals surface area contributed by atoms with E-state index >= 15 is 0 Å². The molecule has 1 aromatic carbocycles. The van der Waals surface area contributed by atoms with E-state index in [9.17, 15) is 9.90 Å². The highest BCUT2D eigenvalue weighted by atomic mass is 16.3. The van der Waals surface area contributed by atoms with Gasteiger partial charge in [-0.25, -0.2) is 4.98 Å². The van der Waals surface area contributed by atoms with Crippen LogP contribution in [0.2, 0.25) is 0 Å². The number of carbonyl (C=O) groups is 1. The van der Waals surface area contributed by atoms with Crippen molar-refractivity contribution in [2.45, 2.75) is 25.2 Å². The molecule has 0 unspecified atom stereocenters. The summed E-state index contributed by atoms with van der Waals surface area (Å²) in [5, 5.41) is 15.7. The van der Waals surface area contributed by atoms with Crippen LogP contribution in [0.1, 0.15) is 30.7 Å². The van der Waals surface area contributed by atoms with Gasteiger partial charge in [-0.05, 0) is 30.9 Å². The van der Waals surface area contributed by atoms with Gasteiger partial charge in [-0.2, -0.15) is 4.98 Å². The molecule has 1 aromatic heterocycles. The van der Waals surface area contributed by atoms with Crippen LogP contribution < -0.4 is 16.4 Å². The van der Waals surface area contributed by atoms with Crippen molar-refractivity contribution in [2.24, 2.45) is 5.73 Å². The number of anilines is 3. The van der Waals surface area contributed by atoms with Gasteiger partial charge in [-0.15, -0.1) is 0 Å². The Morgan fingerprint density at radius 3 is 2.91 bits per heavy atom. The van der Waals surface area contributed by atoms with Gasteiger partial charge < -0.3 is 21.5 Å². The first kappa shape index (κ1) is 15.1. The predicted octanol–water partition coefficient (Wildman–Crippen LogP) is 2.09. The first-order valence-corrected chi connectivity index (χ1v) is 7.57. The Morgan fingerprint density at radius 1 is 1.39 bits per heavy atom. The number of benzene rings is 1. The van der Waals surface area contributed by atoms with Crippen LogP contribution in [0.5, 0.6) is 5.75 Å². The molecule has 1 aliphatic rings. The van der Waals surface area contributed by atoms with Crippen LogP contribution in [0.4, 0.5) is 17.5 Å². The quantitative estimate of drug-likeness (QED) is 0.622. The van der Waals surface area contributed by atoms with Crippen molar-refractivity contribution in [3.8, 4) is 5.75 Å². The third kappa shape index (κ3) is 4.09. The summed E-state index contributed by atoms with van der Waals surface area (Å²) in [6.45, 7) is 0.442. The molecule has 0 spiro atoms. The van der Waals surface area contributed by atoms with E-state index in [1.165, 1.54) is 0 Å². The number of nitrogens with zero attached hydrogens (tertiary/aromatic N) is 2. The molecule has 5 N–H and O–H groups in total. The first-order valence-electron chi connectivity index (χ1n) is 7.57. The van der Waals surface area contributed by atoms with Crippen LogP contribution in [0.3, 0.4) is 0 Å². The molecule has 1 aliphatic carbocycles. The van der Waals surface area contributed by atoms with E-state index in [4.69, 9.17) is 5.73 Å². The number of rotatable bonds is 7. The Bertz CT molecular complexity index is 715. The van der Waals surface area contributed by atoms with Crippen molar-refractivity contribution < 1.29 is 9.90 Å². The van der Waals surface area contributed by atoms with Gasteiger partial charge in [0, 0.05) is 36.5 Å². The molecule has 120 valence electrons. The van der Waals surface area contributed by atoms with E-state index in [-0.39, 0.29) is 18.1 Å². The minimum absolute atomic E-state index is 0.171. The smallest absolute Gasteiger partial charge is 0.229 e. The molecule has 3 rings (SSSR count). The summed E-state index contributed by atoms with van der Waals surface area (Å²) >= 11 is 0. The number of amides is 1. The number of carbonyl (C=O) groups excluding carboxylic acids is 1. The largest absolute Gasteiger partial charge is 0.508 e. The fourth-order valence-electron chi connectivity index (χ4n) is 2.30. The van der Waals surface area contributed by atoms with Gasteiger partial charge in [-0.3, -0.25) is 4.79 Å². The lowest BCUT2D eigenvalue weighted by atomic mass is 10.2. The molecule has 0 aliphatic heterocycles. The zero-order valence-corrected chi connectivity index (χ0v) is 12.6. The molecular formula is C16H19N5O2. The van der Waals surface area contributed by atoms with E-state index in [0.717, 1.165) is 24.2 Å². The first-order chi connectivity index (χ1) is 11.1. The van der Waals surface area contributed by atoms with Crippen LogP contribution in [-0.4, -0.2) is 27.5 Å². The topological polar surface area (TPSA) is 113 Å². The summed E-state index contributed by atoms with van der Waals surface area (Å²) in [6, 6.07) is 6.75. The van der Waals surface area contributed by atoms with Crippen LogP contribution in [0.25, 0.3) is 0 Å². The van der Waals surface area contributed by atoms with Crippen molar-refractivity contribution in [3.05, 3.63) is 36.0 Å². The number of aromatic nitrogens is 2. The van der Waals surface area contributed by atoms with Crippen LogP contribution in [0.15, 0.2) is 30.5 Å². The van der Waals surface area contributed by atoms with Crippen molar-refractivity contribution in [2.75, 3.05) is 17.2 Å². The number of phenolic OH excluding ortho intramolecular Hbond substituents is 1. The van der Waals surface area contributed by atoms with E-state index in [1.54, 1.807) is 18.2 Å². The van der Waals surface area contributed by atoms with E-state index in [0.29, 0.717) is 24.1 Å². The number of hydrogen-bond donors (Lipinski definition) is 4. The second-order valence-electron chi connectivity index (χ2n) is 5.59. The maximum Gasteiger partial charge on any atom is 0.229 e. The van der Waals surface area contributed by atoms with Crippen LogP contribution in [-0.2, 0) is 4.79 Å². The van der Waals surface area contributed by atoms with Gasteiger partial charge >= 0.3 is 0 Å². The number of aromatic hydroxyl groups is 1. The average Bonchev–Trinajstić information content (AvgIpc) is 3.32. The zero-order valence-electron chi connectivity index (χ0n) is 12.6.